The van der Waals surface area contributed by atoms with Gasteiger partial charge in [0.05, 0.1) is 6.42 Å². The maximum atomic E-state index is 12.1. The molecule has 4 N–H and O–H groups in total. The molecule has 0 spiro atoms. The number of nitrogen functional groups attached to an aromatic ring is 1. The third kappa shape index (κ3) is 3.35. The number of anilines is 2. The molecule has 0 aliphatic rings. The average Bonchev–Trinajstić information content (AvgIpc) is 2.41. The van der Waals surface area contributed by atoms with Crippen LogP contribution in [0.5, 0.6) is 0 Å². The SMILES string of the molecule is Nc1ccc(C(=O)Nc2ccccc2CC(=O)O)cc1. The van der Waals surface area contributed by atoms with Crippen molar-refractivity contribution in [3.8, 4) is 0 Å². The summed E-state index contributed by atoms with van der Waals surface area (Å²) in [6.45, 7) is 0. The highest BCUT2D eigenvalue weighted by atomic mass is 16.4. The Bertz CT molecular complexity index is 636. The summed E-state index contributed by atoms with van der Waals surface area (Å²) in [6, 6.07) is 13.3. The van der Waals surface area contributed by atoms with E-state index in [2.05, 4.69) is 5.32 Å². The number of para-hydroxylation sites is 1. The second-order valence-electron chi connectivity index (χ2n) is 4.30. The van der Waals surface area contributed by atoms with Gasteiger partial charge in [0.15, 0.2) is 0 Å². The molecule has 0 aliphatic carbocycles. The van der Waals surface area contributed by atoms with Gasteiger partial charge in [0.25, 0.3) is 5.91 Å². The zero-order valence-electron chi connectivity index (χ0n) is 10.7. The van der Waals surface area contributed by atoms with Gasteiger partial charge in [0.1, 0.15) is 0 Å². The molecule has 2 aromatic rings. The molecular weight excluding hydrogens is 256 g/mol. The second-order valence-corrected chi connectivity index (χ2v) is 4.30. The number of carbonyl (C=O) groups excluding carboxylic acids is 1. The molecule has 5 nitrogen and oxygen atoms in total. The number of nitrogens with two attached hydrogens (primary N) is 1. The van der Waals surface area contributed by atoms with E-state index in [1.165, 1.54) is 0 Å². The summed E-state index contributed by atoms with van der Waals surface area (Å²) in [5.41, 5.74) is 7.66. The van der Waals surface area contributed by atoms with Gasteiger partial charge in [-0.2, -0.15) is 0 Å². The molecule has 0 bridgehead atoms. The summed E-state index contributed by atoms with van der Waals surface area (Å²) in [4.78, 5) is 22.9. The van der Waals surface area contributed by atoms with Crippen LogP contribution in [0.4, 0.5) is 11.4 Å². The van der Waals surface area contributed by atoms with Crippen LogP contribution in [0, 0.1) is 0 Å². The summed E-state index contributed by atoms with van der Waals surface area (Å²) in [7, 11) is 0. The number of hydrogen-bond donors (Lipinski definition) is 3. The lowest BCUT2D eigenvalue weighted by Gasteiger charge is -2.09. The fourth-order valence-corrected chi connectivity index (χ4v) is 1.79. The normalized spacial score (nSPS) is 10.0. The quantitative estimate of drug-likeness (QED) is 0.742. The molecule has 0 saturated carbocycles. The van der Waals surface area contributed by atoms with E-state index in [0.29, 0.717) is 22.5 Å². The molecule has 0 unspecified atom stereocenters. The lowest BCUT2D eigenvalue weighted by atomic mass is 10.1. The highest BCUT2D eigenvalue weighted by Gasteiger charge is 2.10. The number of hydrogen-bond acceptors (Lipinski definition) is 3. The number of aliphatic carboxylic acids is 1. The van der Waals surface area contributed by atoms with Gasteiger partial charge in [0.2, 0.25) is 0 Å². The van der Waals surface area contributed by atoms with Crippen molar-refractivity contribution in [3.63, 3.8) is 0 Å². The van der Waals surface area contributed by atoms with Crippen LogP contribution < -0.4 is 11.1 Å². The Kier molecular flexibility index (Phi) is 4.00. The maximum absolute atomic E-state index is 12.1. The van der Waals surface area contributed by atoms with E-state index in [-0.39, 0.29) is 12.3 Å². The van der Waals surface area contributed by atoms with E-state index in [1.807, 2.05) is 0 Å². The van der Waals surface area contributed by atoms with E-state index < -0.39 is 5.97 Å². The van der Waals surface area contributed by atoms with Crippen LogP contribution in [0.2, 0.25) is 0 Å². The van der Waals surface area contributed by atoms with Crippen LogP contribution in [0.1, 0.15) is 15.9 Å². The Morgan fingerprint density at radius 3 is 2.35 bits per heavy atom. The second kappa shape index (κ2) is 5.88. The number of carboxylic acid groups (broad SMARTS) is 1. The molecule has 0 aromatic heterocycles. The number of carbonyl (C=O) groups is 2. The number of amides is 1. The largest absolute Gasteiger partial charge is 0.481 e. The molecule has 20 heavy (non-hydrogen) atoms. The van der Waals surface area contributed by atoms with Gasteiger partial charge in [-0.25, -0.2) is 0 Å². The van der Waals surface area contributed by atoms with Gasteiger partial charge in [-0.05, 0) is 35.9 Å². The molecule has 2 rings (SSSR count). The first-order valence-electron chi connectivity index (χ1n) is 6.03. The lowest BCUT2D eigenvalue weighted by Crippen LogP contribution is -2.14. The standard InChI is InChI=1S/C15H14N2O3/c16-12-7-5-10(6-8-12)15(20)17-13-4-2-1-3-11(13)9-14(18)19/h1-8H,9,16H2,(H,17,20)(H,18,19). The molecule has 1 amide bonds. The fourth-order valence-electron chi connectivity index (χ4n) is 1.79. The molecule has 0 fully saturated rings. The minimum absolute atomic E-state index is 0.141. The summed E-state index contributed by atoms with van der Waals surface area (Å²) in [6.07, 6.45) is -0.141. The fraction of sp³-hybridized carbons (Fsp3) is 0.0667. The van der Waals surface area contributed by atoms with Gasteiger partial charge >= 0.3 is 5.97 Å². The van der Waals surface area contributed by atoms with E-state index in [0.717, 1.165) is 0 Å². The van der Waals surface area contributed by atoms with Crippen molar-refractivity contribution in [3.05, 3.63) is 59.7 Å². The highest BCUT2D eigenvalue weighted by molar-refractivity contribution is 6.05. The summed E-state index contributed by atoms with van der Waals surface area (Å²) >= 11 is 0. The third-order valence-electron chi connectivity index (χ3n) is 2.78. The summed E-state index contributed by atoms with van der Waals surface area (Å²) in [5, 5.41) is 11.6. The van der Waals surface area contributed by atoms with E-state index in [1.54, 1.807) is 48.5 Å². The molecule has 0 radical (unpaired) electrons. The van der Waals surface area contributed by atoms with Crippen molar-refractivity contribution in [1.82, 2.24) is 0 Å². The Labute approximate surface area is 116 Å². The van der Waals surface area contributed by atoms with Gasteiger partial charge in [0, 0.05) is 16.9 Å². The maximum Gasteiger partial charge on any atom is 0.307 e. The van der Waals surface area contributed by atoms with Crippen LogP contribution in [0.15, 0.2) is 48.5 Å². The predicted octanol–water partition coefficient (Wildman–Crippen LogP) is 2.15. The van der Waals surface area contributed by atoms with Crippen molar-refractivity contribution in [1.29, 1.82) is 0 Å². The molecule has 5 heteroatoms. The van der Waals surface area contributed by atoms with Gasteiger partial charge in [-0.1, -0.05) is 18.2 Å². The van der Waals surface area contributed by atoms with Crippen molar-refractivity contribution in [2.24, 2.45) is 0 Å². The zero-order valence-corrected chi connectivity index (χ0v) is 10.7. The van der Waals surface area contributed by atoms with Crippen LogP contribution in [-0.4, -0.2) is 17.0 Å². The Morgan fingerprint density at radius 2 is 1.70 bits per heavy atom. The van der Waals surface area contributed by atoms with Gasteiger partial charge in [-0.15, -0.1) is 0 Å². The van der Waals surface area contributed by atoms with E-state index in [4.69, 9.17) is 10.8 Å². The number of nitrogens with one attached hydrogen (secondary N) is 1. The number of carboxylic acids is 1. The van der Waals surface area contributed by atoms with Crippen molar-refractivity contribution in [2.75, 3.05) is 11.1 Å². The smallest absolute Gasteiger partial charge is 0.307 e. The first-order chi connectivity index (χ1) is 9.56. The Balaban J connectivity index is 2.19. The molecular formula is C15H14N2O3. The topological polar surface area (TPSA) is 92.4 Å². The zero-order chi connectivity index (χ0) is 14.5. The molecule has 2 aromatic carbocycles. The molecule has 0 heterocycles. The third-order valence-corrected chi connectivity index (χ3v) is 2.78. The Morgan fingerprint density at radius 1 is 1.05 bits per heavy atom. The summed E-state index contributed by atoms with van der Waals surface area (Å²) < 4.78 is 0. The minimum Gasteiger partial charge on any atom is -0.481 e. The van der Waals surface area contributed by atoms with Gasteiger partial charge < -0.3 is 16.2 Å². The number of rotatable bonds is 4. The van der Waals surface area contributed by atoms with Crippen LogP contribution in [0.25, 0.3) is 0 Å². The van der Waals surface area contributed by atoms with Crippen molar-refractivity contribution < 1.29 is 14.7 Å². The number of benzene rings is 2. The van der Waals surface area contributed by atoms with Crippen LogP contribution in [-0.2, 0) is 11.2 Å². The average molecular weight is 270 g/mol. The molecule has 0 aliphatic heterocycles. The Hall–Kier alpha value is -2.82. The monoisotopic (exact) mass is 270 g/mol. The van der Waals surface area contributed by atoms with E-state index >= 15 is 0 Å². The van der Waals surface area contributed by atoms with Crippen molar-refractivity contribution >= 4 is 23.3 Å². The molecule has 0 atom stereocenters. The predicted molar refractivity (Wildman–Crippen MR) is 76.6 cm³/mol. The summed E-state index contributed by atoms with van der Waals surface area (Å²) in [5.74, 6) is -1.25. The minimum atomic E-state index is -0.945. The first-order valence-corrected chi connectivity index (χ1v) is 6.03. The van der Waals surface area contributed by atoms with Crippen LogP contribution in [0.3, 0.4) is 0 Å². The first kappa shape index (κ1) is 13.6. The lowest BCUT2D eigenvalue weighted by molar-refractivity contribution is -0.136. The van der Waals surface area contributed by atoms with Crippen molar-refractivity contribution in [2.45, 2.75) is 6.42 Å². The van der Waals surface area contributed by atoms with Crippen LogP contribution >= 0.6 is 0 Å². The highest BCUT2D eigenvalue weighted by Crippen LogP contribution is 2.17. The molecule has 0 saturated heterocycles. The van der Waals surface area contributed by atoms with Gasteiger partial charge in [-0.3, -0.25) is 9.59 Å². The molecule has 102 valence electrons. The van der Waals surface area contributed by atoms with E-state index in [9.17, 15) is 9.59 Å².